The van der Waals surface area contributed by atoms with Crippen molar-refractivity contribution in [1.29, 1.82) is 0 Å². The molecule has 0 saturated carbocycles. The van der Waals surface area contributed by atoms with Crippen molar-refractivity contribution in [2.45, 2.75) is 13.8 Å². The summed E-state index contributed by atoms with van der Waals surface area (Å²) in [6.07, 6.45) is 0.538. The van der Waals surface area contributed by atoms with Gasteiger partial charge in [0.25, 0.3) is 0 Å². The zero-order chi connectivity index (χ0) is 11.3. The van der Waals surface area contributed by atoms with Gasteiger partial charge in [0.05, 0.1) is 5.56 Å². The van der Waals surface area contributed by atoms with Crippen LogP contribution in [0.3, 0.4) is 0 Å². The molecular weight excluding hydrogens is 192 g/mol. The standard InChI is InChI=1S/C12H12O3/c1-9(2)11(8-13)15-12(14)10-6-4-3-5-7-10/h3-8H,1-2H3. The number of aldehydes is 1. The van der Waals surface area contributed by atoms with Gasteiger partial charge in [-0.3, -0.25) is 4.79 Å². The number of hydrogen-bond acceptors (Lipinski definition) is 3. The zero-order valence-electron chi connectivity index (χ0n) is 8.69. The van der Waals surface area contributed by atoms with Gasteiger partial charge in [0, 0.05) is 0 Å². The molecule has 1 aromatic carbocycles. The van der Waals surface area contributed by atoms with Gasteiger partial charge in [0.15, 0.2) is 12.0 Å². The lowest BCUT2D eigenvalue weighted by molar-refractivity contribution is -0.107. The highest BCUT2D eigenvalue weighted by atomic mass is 16.5. The van der Waals surface area contributed by atoms with Crippen LogP contribution in [0.15, 0.2) is 41.7 Å². The molecule has 78 valence electrons. The van der Waals surface area contributed by atoms with Crippen molar-refractivity contribution in [2.75, 3.05) is 0 Å². The molecule has 0 unspecified atom stereocenters. The Kier molecular flexibility index (Phi) is 3.80. The van der Waals surface area contributed by atoms with E-state index in [4.69, 9.17) is 4.74 Å². The molecule has 0 amide bonds. The van der Waals surface area contributed by atoms with E-state index in [0.717, 1.165) is 0 Å². The molecule has 0 N–H and O–H groups in total. The highest BCUT2D eigenvalue weighted by molar-refractivity contribution is 5.92. The van der Waals surface area contributed by atoms with Crippen LogP contribution in [0, 0.1) is 0 Å². The topological polar surface area (TPSA) is 43.4 Å². The van der Waals surface area contributed by atoms with Crippen molar-refractivity contribution >= 4 is 12.3 Å². The van der Waals surface area contributed by atoms with Gasteiger partial charge >= 0.3 is 5.97 Å². The van der Waals surface area contributed by atoms with Crippen LogP contribution in [-0.4, -0.2) is 12.3 Å². The lowest BCUT2D eigenvalue weighted by Crippen LogP contribution is -2.06. The Labute approximate surface area is 88.4 Å². The number of ether oxygens (including phenoxy) is 1. The molecule has 0 radical (unpaired) electrons. The minimum Gasteiger partial charge on any atom is -0.420 e. The van der Waals surface area contributed by atoms with Crippen LogP contribution in [0.2, 0.25) is 0 Å². The fourth-order valence-corrected chi connectivity index (χ4v) is 0.977. The number of esters is 1. The fraction of sp³-hybridized carbons (Fsp3) is 0.167. The fourth-order valence-electron chi connectivity index (χ4n) is 0.977. The normalized spacial score (nSPS) is 9.20. The molecule has 3 heteroatoms. The van der Waals surface area contributed by atoms with Crippen molar-refractivity contribution in [3.63, 3.8) is 0 Å². The lowest BCUT2D eigenvalue weighted by atomic mass is 10.2. The molecule has 3 nitrogen and oxygen atoms in total. The molecule has 0 aliphatic carbocycles. The van der Waals surface area contributed by atoms with E-state index in [1.165, 1.54) is 0 Å². The van der Waals surface area contributed by atoms with Gasteiger partial charge in [-0.25, -0.2) is 4.79 Å². The van der Waals surface area contributed by atoms with Crippen molar-refractivity contribution in [1.82, 2.24) is 0 Å². The third-order valence-electron chi connectivity index (χ3n) is 1.81. The molecule has 0 fully saturated rings. The van der Waals surface area contributed by atoms with Gasteiger partial charge in [0.2, 0.25) is 0 Å². The molecule has 15 heavy (non-hydrogen) atoms. The monoisotopic (exact) mass is 204 g/mol. The third kappa shape index (κ3) is 3.06. The number of carbonyl (C=O) groups excluding carboxylic acids is 2. The van der Waals surface area contributed by atoms with Gasteiger partial charge in [-0.15, -0.1) is 0 Å². The molecule has 0 aliphatic rings. The molecular formula is C12H12O3. The molecule has 0 heterocycles. The Morgan fingerprint density at radius 3 is 2.27 bits per heavy atom. The SMILES string of the molecule is CC(C)=C(C=O)OC(=O)c1ccccc1. The lowest BCUT2D eigenvalue weighted by Gasteiger charge is -2.04. The second kappa shape index (κ2) is 5.10. The van der Waals surface area contributed by atoms with Crippen LogP contribution in [0.4, 0.5) is 0 Å². The van der Waals surface area contributed by atoms with Crippen molar-refractivity contribution in [3.05, 3.63) is 47.2 Å². The second-order valence-corrected chi connectivity index (χ2v) is 3.24. The van der Waals surface area contributed by atoms with Gasteiger partial charge in [-0.2, -0.15) is 0 Å². The summed E-state index contributed by atoms with van der Waals surface area (Å²) >= 11 is 0. The molecule has 0 aliphatic heterocycles. The Morgan fingerprint density at radius 1 is 1.20 bits per heavy atom. The summed E-state index contributed by atoms with van der Waals surface area (Å²) in [7, 11) is 0. The maximum absolute atomic E-state index is 11.5. The minimum atomic E-state index is -0.515. The smallest absolute Gasteiger partial charge is 0.343 e. The number of benzene rings is 1. The predicted molar refractivity (Wildman–Crippen MR) is 56.3 cm³/mol. The van der Waals surface area contributed by atoms with Crippen molar-refractivity contribution < 1.29 is 14.3 Å². The first-order valence-corrected chi connectivity index (χ1v) is 4.55. The summed E-state index contributed by atoms with van der Waals surface area (Å²) in [5.74, 6) is -0.442. The predicted octanol–water partition coefficient (Wildman–Crippen LogP) is 2.34. The number of allylic oxidation sites excluding steroid dienone is 2. The van der Waals surface area contributed by atoms with Crippen molar-refractivity contribution in [2.24, 2.45) is 0 Å². The largest absolute Gasteiger partial charge is 0.420 e. The third-order valence-corrected chi connectivity index (χ3v) is 1.81. The van der Waals surface area contributed by atoms with E-state index in [2.05, 4.69) is 0 Å². The first-order chi connectivity index (χ1) is 7.15. The van der Waals surface area contributed by atoms with Gasteiger partial charge < -0.3 is 4.74 Å². The molecule has 0 saturated heterocycles. The first kappa shape index (κ1) is 11.2. The summed E-state index contributed by atoms with van der Waals surface area (Å²) in [5.41, 5.74) is 1.10. The molecule has 0 bridgehead atoms. The summed E-state index contributed by atoms with van der Waals surface area (Å²) < 4.78 is 4.92. The van der Waals surface area contributed by atoms with Crippen LogP contribution in [0.1, 0.15) is 24.2 Å². The van der Waals surface area contributed by atoms with Crippen LogP contribution >= 0.6 is 0 Å². The van der Waals surface area contributed by atoms with Crippen LogP contribution in [-0.2, 0) is 9.53 Å². The molecule has 0 atom stereocenters. The summed E-state index contributed by atoms with van der Waals surface area (Å²) in [4.78, 5) is 22.1. The Bertz CT molecular complexity index is 387. The maximum Gasteiger partial charge on any atom is 0.343 e. The van der Waals surface area contributed by atoms with E-state index in [1.54, 1.807) is 44.2 Å². The van der Waals surface area contributed by atoms with E-state index in [1.807, 2.05) is 0 Å². The van der Waals surface area contributed by atoms with E-state index >= 15 is 0 Å². The van der Waals surface area contributed by atoms with E-state index < -0.39 is 5.97 Å². The summed E-state index contributed by atoms with van der Waals surface area (Å²) in [6.45, 7) is 3.42. The van der Waals surface area contributed by atoms with Crippen LogP contribution in [0.5, 0.6) is 0 Å². The first-order valence-electron chi connectivity index (χ1n) is 4.55. The highest BCUT2D eigenvalue weighted by Crippen LogP contribution is 2.07. The average Bonchev–Trinajstić information content (AvgIpc) is 2.26. The van der Waals surface area contributed by atoms with E-state index in [9.17, 15) is 9.59 Å². The van der Waals surface area contributed by atoms with E-state index in [-0.39, 0.29) is 5.76 Å². The summed E-state index contributed by atoms with van der Waals surface area (Å²) in [6, 6.07) is 8.54. The van der Waals surface area contributed by atoms with Gasteiger partial charge in [0.1, 0.15) is 0 Å². The van der Waals surface area contributed by atoms with E-state index in [0.29, 0.717) is 17.4 Å². The van der Waals surface area contributed by atoms with Crippen molar-refractivity contribution in [3.8, 4) is 0 Å². The highest BCUT2D eigenvalue weighted by Gasteiger charge is 2.09. The molecule has 0 aromatic heterocycles. The average molecular weight is 204 g/mol. The number of carbonyl (C=O) groups is 2. The Hall–Kier alpha value is -1.90. The van der Waals surface area contributed by atoms with Crippen LogP contribution in [0.25, 0.3) is 0 Å². The molecule has 1 aromatic rings. The number of rotatable bonds is 3. The summed E-state index contributed by atoms with van der Waals surface area (Å²) in [5, 5.41) is 0. The number of hydrogen-bond donors (Lipinski definition) is 0. The Morgan fingerprint density at radius 2 is 1.80 bits per heavy atom. The Balaban J connectivity index is 2.81. The minimum absolute atomic E-state index is 0.0730. The molecule has 0 spiro atoms. The van der Waals surface area contributed by atoms with Gasteiger partial charge in [-0.05, 0) is 31.6 Å². The second-order valence-electron chi connectivity index (χ2n) is 3.24. The van der Waals surface area contributed by atoms with Crippen LogP contribution < -0.4 is 0 Å². The van der Waals surface area contributed by atoms with Gasteiger partial charge in [-0.1, -0.05) is 18.2 Å². The maximum atomic E-state index is 11.5. The quantitative estimate of drug-likeness (QED) is 0.328. The molecule has 1 rings (SSSR count). The zero-order valence-corrected chi connectivity index (χ0v) is 8.69.